The lowest BCUT2D eigenvalue weighted by Crippen LogP contribution is -2.43. The van der Waals surface area contributed by atoms with Crippen LogP contribution in [-0.4, -0.2) is 41.4 Å². The van der Waals surface area contributed by atoms with E-state index in [1.165, 1.54) is 5.01 Å². The van der Waals surface area contributed by atoms with E-state index in [1.807, 2.05) is 0 Å². The molecular weight excluding hydrogens is 450 g/mol. The number of benzene rings is 2. The van der Waals surface area contributed by atoms with Crippen molar-refractivity contribution in [1.29, 1.82) is 0 Å². The van der Waals surface area contributed by atoms with E-state index in [1.54, 1.807) is 48.5 Å². The quantitative estimate of drug-likeness (QED) is 0.707. The van der Waals surface area contributed by atoms with Crippen molar-refractivity contribution >= 4 is 56.6 Å². The molecule has 2 heterocycles. The SMILES string of the molecule is O=C(CN1N=N[C@H]2C(=O)N(c3ccc(Cl)cc3)C(=O)[C@@H]21)Nc1ccc(Br)cc1. The van der Waals surface area contributed by atoms with Gasteiger partial charge in [-0.3, -0.25) is 19.4 Å². The number of nitrogens with one attached hydrogen (secondary N) is 1. The van der Waals surface area contributed by atoms with Crippen LogP contribution in [0.5, 0.6) is 0 Å². The molecule has 0 spiro atoms. The Kier molecular flexibility index (Phi) is 4.86. The summed E-state index contributed by atoms with van der Waals surface area (Å²) in [6.45, 7) is -0.200. The van der Waals surface area contributed by atoms with Gasteiger partial charge in [0.15, 0.2) is 12.1 Å². The zero-order chi connectivity index (χ0) is 19.8. The van der Waals surface area contributed by atoms with Crippen LogP contribution < -0.4 is 10.2 Å². The first kappa shape index (κ1) is 18.6. The Morgan fingerprint density at radius 1 is 1.07 bits per heavy atom. The minimum atomic E-state index is -0.955. The Morgan fingerprint density at radius 3 is 2.43 bits per heavy atom. The molecule has 2 aliphatic heterocycles. The average molecular weight is 463 g/mol. The molecule has 10 heteroatoms. The summed E-state index contributed by atoms with van der Waals surface area (Å²) < 4.78 is 0.888. The minimum Gasteiger partial charge on any atom is -0.324 e. The molecule has 142 valence electrons. The molecule has 3 amide bonds. The molecule has 0 radical (unpaired) electrons. The van der Waals surface area contributed by atoms with Gasteiger partial charge >= 0.3 is 0 Å². The lowest BCUT2D eigenvalue weighted by Gasteiger charge is -2.20. The molecule has 0 unspecified atom stereocenters. The average Bonchev–Trinajstić information content (AvgIpc) is 3.18. The van der Waals surface area contributed by atoms with Gasteiger partial charge in [0.2, 0.25) is 5.91 Å². The summed E-state index contributed by atoms with van der Waals surface area (Å²) >= 11 is 9.19. The van der Waals surface area contributed by atoms with Crippen LogP contribution in [0.3, 0.4) is 0 Å². The first-order valence-corrected chi connectivity index (χ1v) is 9.47. The molecule has 0 aromatic heterocycles. The van der Waals surface area contributed by atoms with E-state index in [-0.39, 0.29) is 12.5 Å². The summed E-state index contributed by atoms with van der Waals surface area (Å²) in [7, 11) is 0. The maximum absolute atomic E-state index is 12.8. The number of fused-ring (bicyclic) bond motifs is 1. The van der Waals surface area contributed by atoms with Crippen LogP contribution in [-0.2, 0) is 14.4 Å². The van der Waals surface area contributed by atoms with Crippen molar-refractivity contribution in [2.45, 2.75) is 12.1 Å². The molecule has 2 aromatic rings. The van der Waals surface area contributed by atoms with Gasteiger partial charge in [0.1, 0.15) is 6.54 Å². The first-order chi connectivity index (χ1) is 13.4. The fourth-order valence-corrected chi connectivity index (χ4v) is 3.47. The third-order valence-corrected chi connectivity index (χ3v) is 5.16. The molecule has 2 aliphatic rings. The number of carbonyl (C=O) groups is 3. The van der Waals surface area contributed by atoms with Gasteiger partial charge in [-0.1, -0.05) is 32.8 Å². The zero-order valence-corrected chi connectivity index (χ0v) is 16.6. The van der Waals surface area contributed by atoms with Gasteiger partial charge in [-0.25, -0.2) is 4.90 Å². The highest BCUT2D eigenvalue weighted by atomic mass is 79.9. The van der Waals surface area contributed by atoms with Gasteiger partial charge in [-0.15, -0.1) is 0 Å². The maximum atomic E-state index is 12.8. The molecule has 2 atom stereocenters. The second-order valence-corrected chi connectivity index (χ2v) is 7.59. The van der Waals surface area contributed by atoms with E-state index >= 15 is 0 Å². The number of halogens is 2. The summed E-state index contributed by atoms with van der Waals surface area (Å²) in [6.07, 6.45) is 0. The van der Waals surface area contributed by atoms with Crippen molar-refractivity contribution in [3.05, 3.63) is 58.0 Å². The van der Waals surface area contributed by atoms with Gasteiger partial charge in [-0.2, -0.15) is 5.11 Å². The Morgan fingerprint density at radius 2 is 1.75 bits per heavy atom. The summed E-state index contributed by atoms with van der Waals surface area (Å²) in [5.74, 6) is -1.32. The smallest absolute Gasteiger partial charge is 0.263 e. The molecule has 0 aliphatic carbocycles. The fourth-order valence-electron chi connectivity index (χ4n) is 3.08. The van der Waals surface area contributed by atoms with Crippen molar-refractivity contribution in [2.75, 3.05) is 16.8 Å². The predicted molar refractivity (Wildman–Crippen MR) is 106 cm³/mol. The Hall–Kier alpha value is -2.78. The van der Waals surface area contributed by atoms with E-state index in [0.717, 1.165) is 9.37 Å². The van der Waals surface area contributed by atoms with E-state index in [0.29, 0.717) is 16.4 Å². The molecular formula is C18H13BrClN5O3. The van der Waals surface area contributed by atoms with E-state index in [9.17, 15) is 14.4 Å². The summed E-state index contributed by atoms with van der Waals surface area (Å²) in [5, 5.41) is 12.2. The number of amides is 3. The molecule has 4 rings (SSSR count). The third-order valence-electron chi connectivity index (χ3n) is 4.38. The van der Waals surface area contributed by atoms with Gasteiger partial charge < -0.3 is 5.32 Å². The highest BCUT2D eigenvalue weighted by molar-refractivity contribution is 9.10. The first-order valence-electron chi connectivity index (χ1n) is 8.30. The van der Waals surface area contributed by atoms with Gasteiger partial charge in [-0.05, 0) is 48.5 Å². The maximum Gasteiger partial charge on any atom is 0.263 e. The van der Waals surface area contributed by atoms with Crippen LogP contribution in [0.1, 0.15) is 0 Å². The topological polar surface area (TPSA) is 94.4 Å². The van der Waals surface area contributed by atoms with Crippen molar-refractivity contribution in [3.63, 3.8) is 0 Å². The molecule has 0 bridgehead atoms. The van der Waals surface area contributed by atoms with Crippen LogP contribution in [0.4, 0.5) is 11.4 Å². The monoisotopic (exact) mass is 461 g/mol. The standard InChI is InChI=1S/C18H13BrClN5O3/c19-10-1-5-12(6-2-10)21-14(26)9-24-16-15(22-23-24)17(27)25(18(16)28)13-7-3-11(20)4-8-13/h1-8,15-16H,9H2,(H,21,26)/t15-,16-/m1/s1. The second kappa shape index (κ2) is 7.33. The highest BCUT2D eigenvalue weighted by Gasteiger charge is 2.55. The molecule has 28 heavy (non-hydrogen) atoms. The van der Waals surface area contributed by atoms with Crippen LogP contribution in [0.15, 0.2) is 63.3 Å². The normalized spacial score (nSPS) is 20.6. The van der Waals surface area contributed by atoms with E-state index in [2.05, 4.69) is 31.6 Å². The largest absolute Gasteiger partial charge is 0.324 e. The zero-order valence-electron chi connectivity index (χ0n) is 14.3. The molecule has 1 saturated heterocycles. The minimum absolute atomic E-state index is 0.200. The van der Waals surface area contributed by atoms with Crippen molar-refractivity contribution in [2.24, 2.45) is 10.3 Å². The number of carbonyl (C=O) groups excluding carboxylic acids is 3. The molecule has 8 nitrogen and oxygen atoms in total. The van der Waals surface area contributed by atoms with Crippen molar-refractivity contribution in [1.82, 2.24) is 5.01 Å². The molecule has 1 N–H and O–H groups in total. The van der Waals surface area contributed by atoms with Crippen LogP contribution in [0, 0.1) is 0 Å². The lowest BCUT2D eigenvalue weighted by atomic mass is 10.1. The van der Waals surface area contributed by atoms with Crippen molar-refractivity contribution in [3.8, 4) is 0 Å². The molecule has 1 fully saturated rings. The van der Waals surface area contributed by atoms with E-state index in [4.69, 9.17) is 11.6 Å². The highest BCUT2D eigenvalue weighted by Crippen LogP contribution is 2.32. The Bertz CT molecular complexity index is 980. The van der Waals surface area contributed by atoms with E-state index < -0.39 is 23.9 Å². The summed E-state index contributed by atoms with van der Waals surface area (Å²) in [6, 6.07) is 11.5. The Labute approximate surface area is 173 Å². The number of hydrogen-bond acceptors (Lipinski definition) is 6. The molecule has 2 aromatic carbocycles. The number of anilines is 2. The predicted octanol–water partition coefficient (Wildman–Crippen LogP) is 3.03. The van der Waals surface area contributed by atoms with Crippen LogP contribution in [0.2, 0.25) is 5.02 Å². The number of nitrogens with zero attached hydrogens (tertiary/aromatic N) is 4. The number of hydrogen-bond donors (Lipinski definition) is 1. The summed E-state index contributed by atoms with van der Waals surface area (Å²) in [4.78, 5) is 38.9. The summed E-state index contributed by atoms with van der Waals surface area (Å²) in [5.41, 5.74) is 1.01. The lowest BCUT2D eigenvalue weighted by molar-refractivity contribution is -0.123. The van der Waals surface area contributed by atoms with Crippen LogP contribution >= 0.6 is 27.5 Å². The van der Waals surface area contributed by atoms with Gasteiger partial charge in [0.25, 0.3) is 11.8 Å². The molecule has 0 saturated carbocycles. The van der Waals surface area contributed by atoms with Crippen LogP contribution in [0.25, 0.3) is 0 Å². The van der Waals surface area contributed by atoms with Crippen molar-refractivity contribution < 1.29 is 14.4 Å². The number of imide groups is 1. The Balaban J connectivity index is 1.48. The fraction of sp³-hybridized carbons (Fsp3) is 0.167. The van der Waals surface area contributed by atoms with Gasteiger partial charge in [0, 0.05) is 15.2 Å². The third kappa shape index (κ3) is 3.38. The second-order valence-electron chi connectivity index (χ2n) is 6.24. The van der Waals surface area contributed by atoms with Gasteiger partial charge in [0.05, 0.1) is 5.69 Å². The number of rotatable bonds is 4.